The second-order valence-corrected chi connectivity index (χ2v) is 4.11. The van der Waals surface area contributed by atoms with Gasteiger partial charge in [-0.05, 0) is 18.2 Å². The lowest BCUT2D eigenvalue weighted by Gasteiger charge is -2.11. The highest BCUT2D eigenvalue weighted by Gasteiger charge is 2.10. The van der Waals surface area contributed by atoms with Crippen LogP contribution in [0.1, 0.15) is 10.4 Å². The highest BCUT2D eigenvalue weighted by Crippen LogP contribution is 2.19. The van der Waals surface area contributed by atoms with Gasteiger partial charge in [-0.15, -0.1) is 0 Å². The Labute approximate surface area is 105 Å². The van der Waals surface area contributed by atoms with E-state index >= 15 is 0 Å². The smallest absolute Gasteiger partial charge is 0.251 e. The number of anilines is 1. The first-order valence-electron chi connectivity index (χ1n) is 4.95. The molecule has 0 saturated carbocycles. The van der Waals surface area contributed by atoms with Crippen molar-refractivity contribution in [2.75, 3.05) is 26.4 Å². The summed E-state index contributed by atoms with van der Waals surface area (Å²) >= 11 is 5.79. The molecule has 1 aromatic rings. The van der Waals surface area contributed by atoms with Crippen LogP contribution in [0.15, 0.2) is 18.2 Å². The number of hydrogen-bond acceptors (Lipinski definition) is 3. The van der Waals surface area contributed by atoms with Crippen LogP contribution in [0.5, 0.6) is 0 Å². The Hall–Kier alpha value is -1.75. The van der Waals surface area contributed by atoms with Gasteiger partial charge in [-0.3, -0.25) is 9.59 Å². The fraction of sp³-hybridized carbons (Fsp3) is 0.273. The van der Waals surface area contributed by atoms with E-state index in [1.807, 2.05) is 0 Å². The van der Waals surface area contributed by atoms with E-state index < -0.39 is 0 Å². The number of nitrogens with two attached hydrogens (primary N) is 1. The normalized spacial score (nSPS) is 9.82. The van der Waals surface area contributed by atoms with Gasteiger partial charge in [0.2, 0.25) is 5.91 Å². The van der Waals surface area contributed by atoms with Crippen molar-refractivity contribution in [2.24, 2.45) is 0 Å². The number of carbonyl (C=O) groups is 2. The van der Waals surface area contributed by atoms with Gasteiger partial charge in [-0.1, -0.05) is 11.6 Å². The predicted octanol–water partition coefficient (Wildman–Crippen LogP) is 0.740. The lowest BCUT2D eigenvalue weighted by Crippen LogP contribution is -2.36. The third kappa shape index (κ3) is 3.64. The van der Waals surface area contributed by atoms with Crippen LogP contribution in [-0.2, 0) is 4.79 Å². The summed E-state index contributed by atoms with van der Waals surface area (Å²) in [4.78, 5) is 24.3. The molecule has 0 heterocycles. The maximum absolute atomic E-state index is 11.7. The standard InChI is InChI=1S/C11H14ClN3O2/c1-15(2)10(16)6-14-11(17)7-3-4-9(13)8(12)5-7/h3-5H,6,13H2,1-2H3,(H,14,17). The maximum Gasteiger partial charge on any atom is 0.251 e. The molecule has 3 N–H and O–H groups in total. The van der Waals surface area contributed by atoms with Crippen LogP contribution in [0.3, 0.4) is 0 Å². The van der Waals surface area contributed by atoms with Crippen molar-refractivity contribution in [1.82, 2.24) is 10.2 Å². The molecular weight excluding hydrogens is 242 g/mol. The van der Waals surface area contributed by atoms with Crippen LogP contribution in [0.25, 0.3) is 0 Å². The van der Waals surface area contributed by atoms with Gasteiger partial charge in [-0.2, -0.15) is 0 Å². The third-order valence-corrected chi connectivity index (χ3v) is 2.49. The van der Waals surface area contributed by atoms with Crippen molar-refractivity contribution in [3.05, 3.63) is 28.8 Å². The van der Waals surface area contributed by atoms with E-state index in [1.165, 1.54) is 11.0 Å². The molecule has 0 bridgehead atoms. The summed E-state index contributed by atoms with van der Waals surface area (Å²) in [5.41, 5.74) is 6.31. The minimum atomic E-state index is -0.359. The number of rotatable bonds is 3. The second-order valence-electron chi connectivity index (χ2n) is 3.71. The molecule has 17 heavy (non-hydrogen) atoms. The predicted molar refractivity (Wildman–Crippen MR) is 66.9 cm³/mol. The van der Waals surface area contributed by atoms with E-state index in [2.05, 4.69) is 5.32 Å². The van der Waals surface area contributed by atoms with Gasteiger partial charge in [0.1, 0.15) is 0 Å². The van der Waals surface area contributed by atoms with Crippen molar-refractivity contribution in [2.45, 2.75) is 0 Å². The first-order chi connectivity index (χ1) is 7.91. The zero-order chi connectivity index (χ0) is 13.0. The number of benzene rings is 1. The molecule has 0 aromatic heterocycles. The minimum Gasteiger partial charge on any atom is -0.398 e. The molecular formula is C11H14ClN3O2. The molecule has 92 valence electrons. The van der Waals surface area contributed by atoms with Crippen molar-refractivity contribution >= 4 is 29.1 Å². The fourth-order valence-corrected chi connectivity index (χ4v) is 1.26. The Morgan fingerprint density at radius 2 is 2.06 bits per heavy atom. The molecule has 0 unspecified atom stereocenters. The first kappa shape index (κ1) is 13.3. The van der Waals surface area contributed by atoms with Crippen molar-refractivity contribution in [1.29, 1.82) is 0 Å². The first-order valence-corrected chi connectivity index (χ1v) is 5.33. The Bertz CT molecular complexity index is 446. The molecule has 1 rings (SSSR count). The highest BCUT2D eigenvalue weighted by molar-refractivity contribution is 6.33. The number of carbonyl (C=O) groups excluding carboxylic acids is 2. The quantitative estimate of drug-likeness (QED) is 0.783. The number of nitrogens with zero attached hydrogens (tertiary/aromatic N) is 1. The van der Waals surface area contributed by atoms with E-state index in [1.54, 1.807) is 26.2 Å². The summed E-state index contributed by atoms with van der Waals surface area (Å²) in [5.74, 6) is -0.540. The van der Waals surface area contributed by atoms with E-state index in [9.17, 15) is 9.59 Å². The zero-order valence-electron chi connectivity index (χ0n) is 9.66. The van der Waals surface area contributed by atoms with Gasteiger partial charge in [0, 0.05) is 19.7 Å². The van der Waals surface area contributed by atoms with Gasteiger partial charge in [0.05, 0.1) is 17.3 Å². The zero-order valence-corrected chi connectivity index (χ0v) is 10.4. The van der Waals surface area contributed by atoms with Gasteiger partial charge < -0.3 is 16.0 Å². The Morgan fingerprint density at radius 1 is 1.41 bits per heavy atom. The number of nitrogen functional groups attached to an aromatic ring is 1. The van der Waals surface area contributed by atoms with Crippen LogP contribution < -0.4 is 11.1 Å². The van der Waals surface area contributed by atoms with Crippen LogP contribution in [0.4, 0.5) is 5.69 Å². The maximum atomic E-state index is 11.7. The molecule has 0 spiro atoms. The van der Waals surface area contributed by atoms with Crippen molar-refractivity contribution in [3.63, 3.8) is 0 Å². The molecule has 0 radical (unpaired) electrons. The summed E-state index contributed by atoms with van der Waals surface area (Å²) in [6.45, 7) is -0.0478. The Morgan fingerprint density at radius 3 is 2.59 bits per heavy atom. The highest BCUT2D eigenvalue weighted by atomic mass is 35.5. The third-order valence-electron chi connectivity index (χ3n) is 2.16. The summed E-state index contributed by atoms with van der Waals surface area (Å²) in [5, 5.41) is 2.81. The Balaban J connectivity index is 2.64. The Kier molecular flexibility index (Phi) is 4.34. The molecule has 1 aromatic carbocycles. The molecule has 5 nitrogen and oxygen atoms in total. The summed E-state index contributed by atoms with van der Waals surface area (Å²) in [6, 6.07) is 4.56. The van der Waals surface area contributed by atoms with E-state index in [0.717, 1.165) is 0 Å². The molecule has 0 aliphatic heterocycles. The van der Waals surface area contributed by atoms with Crippen molar-refractivity contribution < 1.29 is 9.59 Å². The van der Waals surface area contributed by atoms with Crippen molar-refractivity contribution in [3.8, 4) is 0 Å². The molecule has 0 saturated heterocycles. The summed E-state index contributed by atoms with van der Waals surface area (Å²) in [7, 11) is 3.24. The van der Waals surface area contributed by atoms with E-state index in [-0.39, 0.29) is 18.4 Å². The lowest BCUT2D eigenvalue weighted by atomic mass is 10.2. The van der Waals surface area contributed by atoms with Crippen LogP contribution in [0.2, 0.25) is 5.02 Å². The van der Waals surface area contributed by atoms with Gasteiger partial charge in [0.25, 0.3) is 5.91 Å². The number of hydrogen-bond donors (Lipinski definition) is 2. The van der Waals surface area contributed by atoms with Gasteiger partial charge in [-0.25, -0.2) is 0 Å². The van der Waals surface area contributed by atoms with E-state index in [4.69, 9.17) is 17.3 Å². The SMILES string of the molecule is CN(C)C(=O)CNC(=O)c1ccc(N)c(Cl)c1. The average Bonchev–Trinajstić information content (AvgIpc) is 2.28. The molecule has 0 aliphatic rings. The topological polar surface area (TPSA) is 75.4 Å². The largest absolute Gasteiger partial charge is 0.398 e. The summed E-state index contributed by atoms with van der Waals surface area (Å²) in [6.07, 6.45) is 0. The monoisotopic (exact) mass is 255 g/mol. The van der Waals surface area contributed by atoms with Crippen LogP contribution in [-0.4, -0.2) is 37.4 Å². The van der Waals surface area contributed by atoms with Gasteiger partial charge >= 0.3 is 0 Å². The number of likely N-dealkylation sites (N-methyl/N-ethyl adjacent to an activating group) is 1. The second kappa shape index (κ2) is 5.54. The molecule has 0 fully saturated rings. The summed E-state index contributed by atoms with van der Waals surface area (Å²) < 4.78 is 0. The fourth-order valence-electron chi connectivity index (χ4n) is 1.08. The number of amides is 2. The average molecular weight is 256 g/mol. The number of halogens is 1. The molecule has 0 atom stereocenters. The molecule has 6 heteroatoms. The lowest BCUT2D eigenvalue weighted by molar-refractivity contribution is -0.127. The molecule has 0 aliphatic carbocycles. The van der Waals surface area contributed by atoms with E-state index in [0.29, 0.717) is 16.3 Å². The van der Waals surface area contributed by atoms with Crippen LogP contribution >= 0.6 is 11.6 Å². The minimum absolute atomic E-state index is 0.0478. The van der Waals surface area contributed by atoms with Gasteiger partial charge in [0.15, 0.2) is 0 Å². The van der Waals surface area contributed by atoms with Crippen LogP contribution in [0, 0.1) is 0 Å². The molecule has 2 amide bonds. The number of nitrogens with one attached hydrogen (secondary N) is 1.